The maximum Gasteiger partial charge on any atom is 0.343 e. The van der Waals surface area contributed by atoms with E-state index in [2.05, 4.69) is 20.5 Å². The van der Waals surface area contributed by atoms with Crippen LogP contribution in [-0.4, -0.2) is 29.3 Å². The number of nitrogens with zero attached hydrogens (tertiary/aromatic N) is 2. The van der Waals surface area contributed by atoms with Gasteiger partial charge < -0.3 is 9.47 Å². The van der Waals surface area contributed by atoms with Crippen molar-refractivity contribution in [3.05, 3.63) is 106 Å². The molecule has 0 spiro atoms. The predicted octanol–water partition coefficient (Wildman–Crippen LogP) is 4.25. The number of carbonyl (C=O) groups excluding carboxylic acids is 1. The molecule has 1 aromatic heterocycles. The molecule has 3 aromatic carbocycles. The van der Waals surface area contributed by atoms with E-state index in [0.29, 0.717) is 22.8 Å². The zero-order chi connectivity index (χ0) is 23.9. The quantitative estimate of drug-likeness (QED) is 0.186. The van der Waals surface area contributed by atoms with Gasteiger partial charge in [0.1, 0.15) is 17.3 Å². The summed E-state index contributed by atoms with van der Waals surface area (Å²) in [5, 5.41) is 4.09. The molecule has 9 heteroatoms. The molecule has 0 radical (unpaired) electrons. The number of hydrazone groups is 1. The first-order chi connectivity index (χ1) is 16.5. The number of benzene rings is 3. The second-order valence-corrected chi connectivity index (χ2v) is 7.04. The number of halogens is 1. The molecule has 0 atom stereocenters. The number of rotatable bonds is 7. The van der Waals surface area contributed by atoms with Gasteiger partial charge in [-0.05, 0) is 78.4 Å². The van der Waals surface area contributed by atoms with Gasteiger partial charge in [0.15, 0.2) is 0 Å². The fourth-order valence-electron chi connectivity index (χ4n) is 2.96. The number of H-pyrrole nitrogens is 1. The van der Waals surface area contributed by atoms with Crippen LogP contribution in [0.25, 0.3) is 11.3 Å². The Balaban J connectivity index is 1.39. The van der Waals surface area contributed by atoms with Gasteiger partial charge in [0.05, 0.1) is 24.6 Å². The fourth-order valence-corrected chi connectivity index (χ4v) is 2.96. The van der Waals surface area contributed by atoms with Crippen LogP contribution in [0.1, 0.15) is 15.9 Å². The smallest absolute Gasteiger partial charge is 0.343 e. The number of hydrogen-bond donors (Lipinski definition) is 2. The van der Waals surface area contributed by atoms with Crippen molar-refractivity contribution in [2.24, 2.45) is 5.10 Å². The third-order valence-electron chi connectivity index (χ3n) is 4.68. The SMILES string of the molecule is COc1ccc(-c2cc(=O)[nH]c(N/N=C\c3ccc(OC(=O)c4ccc(F)cc4)cc3)n2)cc1. The summed E-state index contributed by atoms with van der Waals surface area (Å²) in [7, 11) is 1.58. The van der Waals surface area contributed by atoms with Crippen molar-refractivity contribution >= 4 is 18.1 Å². The standard InChI is InChI=1S/C25H19FN4O4/c1-33-20-12-6-17(7-13-20)22-14-23(31)29-25(28-22)30-27-15-16-2-10-21(11-3-16)34-24(32)18-4-8-19(26)9-5-18/h2-15H,1H3,(H2,28,29,30,31)/b27-15-. The number of esters is 1. The first-order valence-electron chi connectivity index (χ1n) is 10.1. The molecule has 0 fully saturated rings. The molecular formula is C25H19FN4O4. The molecule has 4 aromatic rings. The number of nitrogens with one attached hydrogen (secondary N) is 2. The number of methoxy groups -OCH3 is 1. The van der Waals surface area contributed by atoms with Crippen molar-refractivity contribution in [3.63, 3.8) is 0 Å². The first kappa shape index (κ1) is 22.4. The van der Waals surface area contributed by atoms with E-state index in [9.17, 15) is 14.0 Å². The van der Waals surface area contributed by atoms with E-state index in [0.717, 1.165) is 5.56 Å². The van der Waals surface area contributed by atoms with Crippen molar-refractivity contribution < 1.29 is 18.7 Å². The minimum Gasteiger partial charge on any atom is -0.497 e. The maximum atomic E-state index is 13.0. The molecule has 4 rings (SSSR count). The van der Waals surface area contributed by atoms with E-state index in [-0.39, 0.29) is 17.1 Å². The van der Waals surface area contributed by atoms with Gasteiger partial charge in [-0.1, -0.05) is 0 Å². The van der Waals surface area contributed by atoms with E-state index < -0.39 is 11.8 Å². The van der Waals surface area contributed by atoms with Crippen LogP contribution in [0, 0.1) is 5.82 Å². The second-order valence-electron chi connectivity index (χ2n) is 7.04. The zero-order valence-corrected chi connectivity index (χ0v) is 18.0. The Hall–Kier alpha value is -4.79. The van der Waals surface area contributed by atoms with Crippen molar-refractivity contribution in [2.75, 3.05) is 12.5 Å². The monoisotopic (exact) mass is 458 g/mol. The highest BCUT2D eigenvalue weighted by Gasteiger charge is 2.08. The summed E-state index contributed by atoms with van der Waals surface area (Å²) < 4.78 is 23.4. The van der Waals surface area contributed by atoms with Crippen LogP contribution in [0.5, 0.6) is 11.5 Å². The van der Waals surface area contributed by atoms with Gasteiger partial charge in [-0.25, -0.2) is 19.6 Å². The third kappa shape index (κ3) is 5.71. The average Bonchev–Trinajstić information content (AvgIpc) is 2.85. The highest BCUT2D eigenvalue weighted by molar-refractivity contribution is 5.91. The maximum absolute atomic E-state index is 13.0. The summed E-state index contributed by atoms with van der Waals surface area (Å²) in [6.45, 7) is 0. The van der Waals surface area contributed by atoms with Gasteiger partial charge in [-0.3, -0.25) is 9.78 Å². The van der Waals surface area contributed by atoms with Gasteiger partial charge in [-0.2, -0.15) is 5.10 Å². The summed E-state index contributed by atoms with van der Waals surface area (Å²) in [5.41, 5.74) is 4.57. The molecule has 0 aliphatic rings. The normalized spacial score (nSPS) is 10.8. The van der Waals surface area contributed by atoms with Gasteiger partial charge in [0.2, 0.25) is 5.95 Å². The Labute approximate surface area is 193 Å². The molecule has 0 aliphatic carbocycles. The Kier molecular flexibility index (Phi) is 6.73. The van der Waals surface area contributed by atoms with E-state index in [1.807, 2.05) is 0 Å². The summed E-state index contributed by atoms with van der Waals surface area (Å²) in [6.07, 6.45) is 1.52. The fraction of sp³-hybridized carbons (Fsp3) is 0.0400. The molecule has 0 saturated heterocycles. The largest absolute Gasteiger partial charge is 0.497 e. The Bertz CT molecular complexity index is 1370. The number of aromatic amines is 1. The van der Waals surface area contributed by atoms with Crippen molar-refractivity contribution in [1.29, 1.82) is 0 Å². The van der Waals surface area contributed by atoms with Crippen LogP contribution < -0.4 is 20.5 Å². The molecule has 0 bridgehead atoms. The van der Waals surface area contributed by atoms with Crippen LogP contribution in [0.2, 0.25) is 0 Å². The lowest BCUT2D eigenvalue weighted by Gasteiger charge is -2.05. The van der Waals surface area contributed by atoms with E-state index in [1.54, 1.807) is 55.6 Å². The van der Waals surface area contributed by atoms with Crippen LogP contribution in [0.4, 0.5) is 10.3 Å². The van der Waals surface area contributed by atoms with Crippen molar-refractivity contribution in [2.45, 2.75) is 0 Å². The summed E-state index contributed by atoms with van der Waals surface area (Å²) in [6, 6.07) is 20.3. The van der Waals surface area contributed by atoms with E-state index in [1.165, 1.54) is 36.5 Å². The van der Waals surface area contributed by atoms with Crippen LogP contribution in [0.15, 0.2) is 88.8 Å². The third-order valence-corrected chi connectivity index (χ3v) is 4.68. The molecular weight excluding hydrogens is 439 g/mol. The van der Waals surface area contributed by atoms with E-state index >= 15 is 0 Å². The number of hydrogen-bond acceptors (Lipinski definition) is 7. The zero-order valence-electron chi connectivity index (χ0n) is 18.0. The topological polar surface area (TPSA) is 106 Å². The van der Waals surface area contributed by atoms with Gasteiger partial charge in [-0.15, -0.1) is 0 Å². The number of aromatic nitrogens is 2. The molecule has 0 aliphatic heterocycles. The summed E-state index contributed by atoms with van der Waals surface area (Å²) in [4.78, 5) is 31.1. The summed E-state index contributed by atoms with van der Waals surface area (Å²) in [5.74, 6) is 0.195. The highest BCUT2D eigenvalue weighted by Crippen LogP contribution is 2.20. The van der Waals surface area contributed by atoms with E-state index in [4.69, 9.17) is 9.47 Å². The highest BCUT2D eigenvalue weighted by atomic mass is 19.1. The molecule has 0 unspecified atom stereocenters. The molecule has 1 heterocycles. The minimum absolute atomic E-state index is 0.180. The number of ether oxygens (including phenoxy) is 2. The molecule has 34 heavy (non-hydrogen) atoms. The Morgan fingerprint density at radius 3 is 2.35 bits per heavy atom. The lowest BCUT2D eigenvalue weighted by Crippen LogP contribution is -2.10. The van der Waals surface area contributed by atoms with Gasteiger partial charge >= 0.3 is 5.97 Å². The lowest BCUT2D eigenvalue weighted by atomic mass is 10.1. The molecule has 8 nitrogen and oxygen atoms in total. The van der Waals surface area contributed by atoms with Gasteiger partial charge in [0.25, 0.3) is 5.56 Å². The predicted molar refractivity (Wildman–Crippen MR) is 126 cm³/mol. The number of anilines is 1. The van der Waals surface area contributed by atoms with Crippen LogP contribution in [0.3, 0.4) is 0 Å². The average molecular weight is 458 g/mol. The Morgan fingerprint density at radius 2 is 1.68 bits per heavy atom. The minimum atomic E-state index is -0.588. The Morgan fingerprint density at radius 1 is 1.00 bits per heavy atom. The van der Waals surface area contributed by atoms with Crippen molar-refractivity contribution in [3.8, 4) is 22.8 Å². The van der Waals surface area contributed by atoms with Crippen LogP contribution >= 0.6 is 0 Å². The molecule has 0 saturated carbocycles. The molecule has 2 N–H and O–H groups in total. The molecule has 170 valence electrons. The molecule has 0 amide bonds. The first-order valence-corrected chi connectivity index (χ1v) is 10.1. The number of carbonyl (C=O) groups is 1. The lowest BCUT2D eigenvalue weighted by molar-refractivity contribution is 0.0734. The summed E-state index contributed by atoms with van der Waals surface area (Å²) >= 11 is 0. The second kappa shape index (κ2) is 10.2. The van der Waals surface area contributed by atoms with Crippen LogP contribution in [-0.2, 0) is 0 Å². The van der Waals surface area contributed by atoms with Gasteiger partial charge in [0, 0.05) is 11.6 Å². The van der Waals surface area contributed by atoms with Crippen molar-refractivity contribution in [1.82, 2.24) is 9.97 Å².